The Morgan fingerprint density at radius 3 is 2.31 bits per heavy atom. The lowest BCUT2D eigenvalue weighted by molar-refractivity contribution is -0.121. The van der Waals surface area contributed by atoms with Gasteiger partial charge < -0.3 is 10.1 Å². The number of carbonyl (C=O) groups is 1. The number of pyridine rings is 1. The normalized spacial score (nSPS) is 10.4. The fraction of sp³-hybridized carbons (Fsp3) is 0.143. The van der Waals surface area contributed by atoms with Crippen molar-refractivity contribution in [3.05, 3.63) is 108 Å². The second-order valence-corrected chi connectivity index (χ2v) is 7.35. The fourth-order valence-corrected chi connectivity index (χ4v) is 3.57. The van der Waals surface area contributed by atoms with Crippen LogP contribution in [0.4, 0.5) is 0 Å². The third-order valence-corrected chi connectivity index (χ3v) is 5.18. The number of nitrogens with one attached hydrogen (secondary N) is 1. The van der Waals surface area contributed by atoms with Gasteiger partial charge in [0.25, 0.3) is 0 Å². The molecular formula is C28H24N2O2. The summed E-state index contributed by atoms with van der Waals surface area (Å²) in [6, 6.07) is 29.9. The number of aromatic nitrogens is 1. The minimum atomic E-state index is -0.0291. The predicted octanol–water partition coefficient (Wildman–Crippen LogP) is 4.96. The second kappa shape index (κ2) is 10.8. The zero-order chi connectivity index (χ0) is 22.0. The van der Waals surface area contributed by atoms with Gasteiger partial charge in [-0.2, -0.15) is 0 Å². The van der Waals surface area contributed by atoms with Crippen LogP contribution in [0.5, 0.6) is 5.75 Å². The molecule has 4 rings (SSSR count). The zero-order valence-corrected chi connectivity index (χ0v) is 17.7. The Labute approximate surface area is 188 Å². The minimum absolute atomic E-state index is 0.00945. The molecule has 0 radical (unpaired) electrons. The maximum Gasteiger partial charge on any atom is 0.221 e. The van der Waals surface area contributed by atoms with E-state index in [0.29, 0.717) is 6.42 Å². The first kappa shape index (κ1) is 21.1. The molecule has 1 aromatic heterocycles. The quantitative estimate of drug-likeness (QED) is 0.430. The minimum Gasteiger partial charge on any atom is -0.481 e. The number of carbonyl (C=O) groups excluding carboxylic acids is 1. The van der Waals surface area contributed by atoms with Crippen LogP contribution in [-0.4, -0.2) is 24.0 Å². The van der Waals surface area contributed by atoms with Gasteiger partial charge in [0.2, 0.25) is 5.91 Å². The molecule has 0 saturated heterocycles. The van der Waals surface area contributed by atoms with Crippen molar-refractivity contribution in [2.75, 3.05) is 13.2 Å². The number of benzene rings is 3. The summed E-state index contributed by atoms with van der Waals surface area (Å²) in [7, 11) is 0. The summed E-state index contributed by atoms with van der Waals surface area (Å²) in [6.45, 7) is 0.544. The molecule has 0 fully saturated rings. The van der Waals surface area contributed by atoms with Gasteiger partial charge in [0.05, 0.1) is 12.1 Å². The van der Waals surface area contributed by atoms with E-state index in [1.165, 1.54) is 0 Å². The zero-order valence-electron chi connectivity index (χ0n) is 17.7. The average molecular weight is 421 g/mol. The Bertz CT molecular complexity index is 1190. The van der Waals surface area contributed by atoms with Crippen LogP contribution in [0, 0.1) is 11.8 Å². The lowest BCUT2D eigenvalue weighted by Gasteiger charge is -2.17. The van der Waals surface area contributed by atoms with E-state index in [0.717, 1.165) is 27.8 Å². The molecule has 0 aliphatic rings. The van der Waals surface area contributed by atoms with Gasteiger partial charge in [0.15, 0.2) is 0 Å². The molecule has 1 heterocycles. The summed E-state index contributed by atoms with van der Waals surface area (Å²) in [4.78, 5) is 16.9. The summed E-state index contributed by atoms with van der Waals surface area (Å²) >= 11 is 0. The molecule has 32 heavy (non-hydrogen) atoms. The summed E-state index contributed by atoms with van der Waals surface area (Å²) in [6.07, 6.45) is 2.13. The predicted molar refractivity (Wildman–Crippen MR) is 127 cm³/mol. The van der Waals surface area contributed by atoms with Crippen molar-refractivity contribution >= 4 is 16.8 Å². The number of hydrogen-bond donors (Lipinski definition) is 1. The highest BCUT2D eigenvalue weighted by Gasteiger charge is 2.17. The van der Waals surface area contributed by atoms with Crippen molar-refractivity contribution in [1.82, 2.24) is 10.3 Å². The Morgan fingerprint density at radius 1 is 0.875 bits per heavy atom. The third kappa shape index (κ3) is 5.74. The van der Waals surface area contributed by atoms with E-state index in [4.69, 9.17) is 4.74 Å². The summed E-state index contributed by atoms with van der Waals surface area (Å²) in [5.74, 6) is 6.61. The Morgan fingerprint density at radius 2 is 1.59 bits per heavy atom. The van der Waals surface area contributed by atoms with Gasteiger partial charge in [-0.3, -0.25) is 9.78 Å². The summed E-state index contributed by atoms with van der Waals surface area (Å²) < 4.78 is 5.68. The summed E-state index contributed by atoms with van der Waals surface area (Å²) in [5.41, 5.74) is 3.13. The molecular weight excluding hydrogens is 396 g/mol. The van der Waals surface area contributed by atoms with E-state index in [2.05, 4.69) is 46.4 Å². The standard InChI is InChI=1S/C28H24N2O2/c31-28(21-26(22-10-3-1-4-11-22)23-12-5-2-6-13-23)30-17-7-8-19-32-25-16-15-24-14-9-18-29-27(24)20-25/h1-6,9-16,18,20,26H,17,19,21H2,(H,30,31). The van der Waals surface area contributed by atoms with Crippen molar-refractivity contribution < 1.29 is 9.53 Å². The number of hydrogen-bond acceptors (Lipinski definition) is 3. The number of nitrogens with zero attached hydrogens (tertiary/aromatic N) is 1. The Kier molecular flexibility index (Phi) is 7.13. The van der Waals surface area contributed by atoms with E-state index < -0.39 is 0 Å². The molecule has 1 N–H and O–H groups in total. The largest absolute Gasteiger partial charge is 0.481 e. The average Bonchev–Trinajstić information content (AvgIpc) is 2.85. The van der Waals surface area contributed by atoms with E-state index >= 15 is 0 Å². The van der Waals surface area contributed by atoms with Crippen molar-refractivity contribution in [1.29, 1.82) is 0 Å². The monoisotopic (exact) mass is 420 g/mol. The van der Waals surface area contributed by atoms with Crippen LogP contribution in [0.3, 0.4) is 0 Å². The van der Waals surface area contributed by atoms with Crippen molar-refractivity contribution in [2.45, 2.75) is 12.3 Å². The molecule has 4 heteroatoms. The lowest BCUT2D eigenvalue weighted by Crippen LogP contribution is -2.25. The second-order valence-electron chi connectivity index (χ2n) is 7.35. The molecule has 0 spiro atoms. The van der Waals surface area contributed by atoms with E-state index in [9.17, 15) is 4.79 Å². The van der Waals surface area contributed by atoms with Gasteiger partial charge in [-0.15, -0.1) is 0 Å². The van der Waals surface area contributed by atoms with Gasteiger partial charge in [0.1, 0.15) is 12.4 Å². The van der Waals surface area contributed by atoms with Gasteiger partial charge in [-0.05, 0) is 29.3 Å². The van der Waals surface area contributed by atoms with E-state index in [-0.39, 0.29) is 25.0 Å². The first-order valence-corrected chi connectivity index (χ1v) is 10.6. The molecule has 1 amide bonds. The number of rotatable bonds is 7. The van der Waals surface area contributed by atoms with Crippen LogP contribution >= 0.6 is 0 Å². The first-order valence-electron chi connectivity index (χ1n) is 10.6. The smallest absolute Gasteiger partial charge is 0.221 e. The van der Waals surface area contributed by atoms with Gasteiger partial charge in [-0.1, -0.05) is 78.6 Å². The maximum atomic E-state index is 12.6. The molecule has 3 aromatic carbocycles. The van der Waals surface area contributed by atoms with Crippen LogP contribution in [0.2, 0.25) is 0 Å². The molecule has 0 aliphatic heterocycles. The van der Waals surface area contributed by atoms with E-state index in [1.807, 2.05) is 66.7 Å². The highest BCUT2D eigenvalue weighted by molar-refractivity contribution is 5.79. The Balaban J connectivity index is 1.28. The van der Waals surface area contributed by atoms with Crippen molar-refractivity contribution in [3.63, 3.8) is 0 Å². The van der Waals surface area contributed by atoms with Crippen LogP contribution in [-0.2, 0) is 4.79 Å². The highest BCUT2D eigenvalue weighted by atomic mass is 16.5. The lowest BCUT2D eigenvalue weighted by atomic mass is 9.88. The Hall–Kier alpha value is -4.10. The van der Waals surface area contributed by atoms with Crippen LogP contribution < -0.4 is 10.1 Å². The van der Waals surface area contributed by atoms with Crippen molar-refractivity contribution in [3.8, 4) is 17.6 Å². The molecule has 0 saturated carbocycles. The molecule has 0 aliphatic carbocycles. The summed E-state index contributed by atoms with van der Waals surface area (Å²) in [5, 5.41) is 3.96. The number of fused-ring (bicyclic) bond motifs is 1. The fourth-order valence-electron chi connectivity index (χ4n) is 3.57. The third-order valence-electron chi connectivity index (χ3n) is 5.18. The molecule has 0 bridgehead atoms. The van der Waals surface area contributed by atoms with Gasteiger partial charge in [-0.25, -0.2) is 0 Å². The highest BCUT2D eigenvalue weighted by Crippen LogP contribution is 2.27. The first-order chi connectivity index (χ1) is 15.8. The number of ether oxygens (including phenoxy) is 1. The van der Waals surface area contributed by atoms with E-state index in [1.54, 1.807) is 6.20 Å². The molecule has 158 valence electrons. The van der Waals surface area contributed by atoms with Crippen LogP contribution in [0.1, 0.15) is 23.5 Å². The van der Waals surface area contributed by atoms with Crippen LogP contribution in [0.15, 0.2) is 97.2 Å². The molecule has 0 unspecified atom stereocenters. The maximum absolute atomic E-state index is 12.6. The van der Waals surface area contributed by atoms with Crippen molar-refractivity contribution in [2.24, 2.45) is 0 Å². The molecule has 4 aromatic rings. The topological polar surface area (TPSA) is 51.2 Å². The number of amides is 1. The molecule has 4 nitrogen and oxygen atoms in total. The van der Waals surface area contributed by atoms with Gasteiger partial charge >= 0.3 is 0 Å². The van der Waals surface area contributed by atoms with Crippen LogP contribution in [0.25, 0.3) is 10.9 Å². The van der Waals surface area contributed by atoms with Gasteiger partial charge in [0, 0.05) is 30.0 Å². The SMILES string of the molecule is O=C(CC(c1ccccc1)c1ccccc1)NCC#CCOc1ccc2cccnc2c1. The molecule has 0 atom stereocenters.